The Morgan fingerprint density at radius 3 is 2.71 bits per heavy atom. The van der Waals surface area contributed by atoms with Crippen LogP contribution in [0.4, 0.5) is 0 Å². The van der Waals surface area contributed by atoms with Crippen LogP contribution in [0.25, 0.3) is 11.0 Å². The van der Waals surface area contributed by atoms with E-state index in [1.165, 1.54) is 0 Å². The number of nitrogens with one attached hydrogen (secondary N) is 2. The Kier molecular flexibility index (Phi) is 3.26. The van der Waals surface area contributed by atoms with E-state index < -0.39 is 0 Å². The van der Waals surface area contributed by atoms with Crippen molar-refractivity contribution in [3.63, 3.8) is 0 Å². The molecule has 5 nitrogen and oxygen atoms in total. The van der Waals surface area contributed by atoms with Crippen molar-refractivity contribution in [1.82, 2.24) is 20.2 Å². The number of aromatic amines is 2. The van der Waals surface area contributed by atoms with Gasteiger partial charge in [0.05, 0.1) is 5.69 Å². The Labute approximate surface area is 99.7 Å². The molecule has 2 heterocycles. The van der Waals surface area contributed by atoms with Crippen molar-refractivity contribution in [2.45, 2.75) is 40.0 Å². The molecule has 0 unspecified atom stereocenters. The zero-order valence-corrected chi connectivity index (χ0v) is 10.5. The highest BCUT2D eigenvalue weighted by Gasteiger charge is 2.12. The first-order valence-corrected chi connectivity index (χ1v) is 6.08. The van der Waals surface area contributed by atoms with E-state index in [1.807, 2.05) is 0 Å². The molecule has 0 aliphatic rings. The van der Waals surface area contributed by atoms with Crippen LogP contribution in [0.15, 0.2) is 4.79 Å². The first-order chi connectivity index (χ1) is 8.11. The minimum Gasteiger partial charge on any atom is -0.309 e. The third kappa shape index (κ3) is 2.38. The fourth-order valence-electron chi connectivity index (χ4n) is 1.91. The topological polar surface area (TPSA) is 74.4 Å². The number of H-pyrrole nitrogens is 2. The summed E-state index contributed by atoms with van der Waals surface area (Å²) in [6, 6.07) is 0. The van der Waals surface area contributed by atoms with Crippen molar-refractivity contribution in [2.75, 3.05) is 0 Å². The van der Waals surface area contributed by atoms with Gasteiger partial charge in [0.2, 0.25) is 0 Å². The minimum atomic E-state index is -0.148. The van der Waals surface area contributed by atoms with Gasteiger partial charge in [0, 0.05) is 6.42 Å². The second-order valence-electron chi connectivity index (χ2n) is 4.76. The molecule has 0 spiro atoms. The second kappa shape index (κ2) is 4.69. The molecule has 0 saturated carbocycles. The Morgan fingerprint density at radius 1 is 1.29 bits per heavy atom. The summed E-state index contributed by atoms with van der Waals surface area (Å²) >= 11 is 0. The average Bonchev–Trinajstić information content (AvgIpc) is 2.62. The monoisotopic (exact) mass is 234 g/mol. The molecule has 5 heteroatoms. The van der Waals surface area contributed by atoms with Gasteiger partial charge in [-0.25, -0.2) is 4.98 Å². The highest BCUT2D eigenvalue weighted by atomic mass is 16.1. The average molecular weight is 234 g/mol. The lowest BCUT2D eigenvalue weighted by Crippen LogP contribution is -2.12. The first-order valence-electron chi connectivity index (χ1n) is 6.08. The summed E-state index contributed by atoms with van der Waals surface area (Å²) in [6.07, 6.45) is 2.61. The zero-order valence-electron chi connectivity index (χ0n) is 10.5. The number of fused-ring (bicyclic) bond motifs is 1. The summed E-state index contributed by atoms with van der Waals surface area (Å²) in [5.41, 5.74) is 1.95. The number of aromatic nitrogens is 4. The van der Waals surface area contributed by atoms with Crippen molar-refractivity contribution >= 4 is 11.0 Å². The first kappa shape index (κ1) is 11.8. The van der Waals surface area contributed by atoms with Crippen molar-refractivity contribution in [1.29, 1.82) is 0 Å². The SMILES string of the molecule is CCCc1nc2c(CC(C)C)[nH]nc2c(=O)[nH]1. The maximum atomic E-state index is 11.8. The third-order valence-electron chi connectivity index (χ3n) is 2.63. The van der Waals surface area contributed by atoms with E-state index in [0.29, 0.717) is 11.4 Å². The molecule has 0 amide bonds. The van der Waals surface area contributed by atoms with E-state index in [-0.39, 0.29) is 5.56 Å². The Balaban J connectivity index is 2.53. The van der Waals surface area contributed by atoms with Crippen LogP contribution in [0.3, 0.4) is 0 Å². The highest BCUT2D eigenvalue weighted by molar-refractivity contribution is 5.75. The van der Waals surface area contributed by atoms with Crippen LogP contribution < -0.4 is 5.56 Å². The molecule has 0 radical (unpaired) electrons. The maximum absolute atomic E-state index is 11.8. The summed E-state index contributed by atoms with van der Waals surface area (Å²) in [6.45, 7) is 6.33. The van der Waals surface area contributed by atoms with E-state index in [4.69, 9.17) is 0 Å². The minimum absolute atomic E-state index is 0.148. The predicted octanol–water partition coefficient (Wildman–Crippen LogP) is 1.80. The second-order valence-corrected chi connectivity index (χ2v) is 4.76. The van der Waals surface area contributed by atoms with Crippen molar-refractivity contribution in [3.05, 3.63) is 21.9 Å². The molecule has 2 aromatic rings. The van der Waals surface area contributed by atoms with Crippen LogP contribution in [0.5, 0.6) is 0 Å². The molecule has 0 fully saturated rings. The van der Waals surface area contributed by atoms with Gasteiger partial charge in [0.25, 0.3) is 5.56 Å². The van der Waals surface area contributed by atoms with Crippen molar-refractivity contribution < 1.29 is 0 Å². The number of hydrogen-bond acceptors (Lipinski definition) is 3. The standard InChI is InChI=1S/C12H18N4O/c1-4-5-9-13-10-8(6-7(2)3)15-16-11(10)12(17)14-9/h7H,4-6H2,1-3H3,(H,15,16)(H,13,14,17). The van der Waals surface area contributed by atoms with Gasteiger partial charge in [-0.1, -0.05) is 20.8 Å². The lowest BCUT2D eigenvalue weighted by molar-refractivity contribution is 0.635. The summed E-state index contributed by atoms with van der Waals surface area (Å²) in [4.78, 5) is 19.1. The summed E-state index contributed by atoms with van der Waals surface area (Å²) < 4.78 is 0. The van der Waals surface area contributed by atoms with E-state index in [9.17, 15) is 4.79 Å². The summed E-state index contributed by atoms with van der Waals surface area (Å²) in [5, 5.41) is 6.96. The normalized spacial score (nSPS) is 11.5. The van der Waals surface area contributed by atoms with Crippen LogP contribution in [0, 0.1) is 5.92 Å². The van der Waals surface area contributed by atoms with Crippen molar-refractivity contribution in [3.8, 4) is 0 Å². The van der Waals surface area contributed by atoms with Crippen LogP contribution >= 0.6 is 0 Å². The molecule has 17 heavy (non-hydrogen) atoms. The number of hydrogen-bond donors (Lipinski definition) is 2. The highest BCUT2D eigenvalue weighted by Crippen LogP contribution is 2.14. The number of rotatable bonds is 4. The van der Waals surface area contributed by atoms with Gasteiger partial charge >= 0.3 is 0 Å². The fraction of sp³-hybridized carbons (Fsp3) is 0.583. The predicted molar refractivity (Wildman–Crippen MR) is 67.0 cm³/mol. The third-order valence-corrected chi connectivity index (χ3v) is 2.63. The number of aryl methyl sites for hydroxylation is 1. The summed E-state index contributed by atoms with van der Waals surface area (Å²) in [5.74, 6) is 1.26. The van der Waals surface area contributed by atoms with Crippen LogP contribution in [0.2, 0.25) is 0 Å². The molecule has 0 bridgehead atoms. The maximum Gasteiger partial charge on any atom is 0.279 e. The van der Waals surface area contributed by atoms with E-state index in [2.05, 4.69) is 40.9 Å². The molecular formula is C12H18N4O. The van der Waals surface area contributed by atoms with E-state index >= 15 is 0 Å². The zero-order chi connectivity index (χ0) is 12.4. The Bertz CT molecular complexity index is 567. The van der Waals surface area contributed by atoms with Gasteiger partial charge in [-0.15, -0.1) is 0 Å². The van der Waals surface area contributed by atoms with Gasteiger partial charge in [0.15, 0.2) is 5.52 Å². The number of nitrogens with zero attached hydrogens (tertiary/aromatic N) is 2. The molecule has 0 saturated heterocycles. The van der Waals surface area contributed by atoms with Gasteiger partial charge in [0.1, 0.15) is 11.3 Å². The molecule has 0 atom stereocenters. The van der Waals surface area contributed by atoms with E-state index in [1.54, 1.807) is 0 Å². The Hall–Kier alpha value is -1.65. The molecule has 2 rings (SSSR count). The Morgan fingerprint density at radius 2 is 2.06 bits per heavy atom. The van der Waals surface area contributed by atoms with Gasteiger partial charge in [-0.3, -0.25) is 9.89 Å². The van der Waals surface area contributed by atoms with Crippen LogP contribution in [0.1, 0.15) is 38.7 Å². The molecule has 2 aromatic heterocycles. The van der Waals surface area contributed by atoms with E-state index in [0.717, 1.165) is 36.3 Å². The molecular weight excluding hydrogens is 216 g/mol. The van der Waals surface area contributed by atoms with Gasteiger partial charge < -0.3 is 4.98 Å². The van der Waals surface area contributed by atoms with Crippen molar-refractivity contribution in [2.24, 2.45) is 5.92 Å². The van der Waals surface area contributed by atoms with Gasteiger partial charge in [-0.05, 0) is 18.8 Å². The van der Waals surface area contributed by atoms with Gasteiger partial charge in [-0.2, -0.15) is 5.10 Å². The molecule has 0 aliphatic carbocycles. The summed E-state index contributed by atoms with van der Waals surface area (Å²) in [7, 11) is 0. The largest absolute Gasteiger partial charge is 0.309 e. The molecule has 92 valence electrons. The molecule has 0 aliphatic heterocycles. The lowest BCUT2D eigenvalue weighted by atomic mass is 10.1. The van der Waals surface area contributed by atoms with Crippen LogP contribution in [-0.4, -0.2) is 20.2 Å². The fourth-order valence-corrected chi connectivity index (χ4v) is 1.91. The lowest BCUT2D eigenvalue weighted by Gasteiger charge is -2.02. The molecule has 0 aromatic carbocycles. The molecule has 2 N–H and O–H groups in total. The smallest absolute Gasteiger partial charge is 0.279 e. The quantitative estimate of drug-likeness (QED) is 0.847. The van der Waals surface area contributed by atoms with Crippen LogP contribution in [-0.2, 0) is 12.8 Å².